The van der Waals surface area contributed by atoms with Crippen LogP contribution in [0.15, 0.2) is 0 Å². The van der Waals surface area contributed by atoms with Crippen molar-refractivity contribution in [2.75, 3.05) is 39.8 Å². The average Bonchev–Trinajstić information content (AvgIpc) is 2.30. The van der Waals surface area contributed by atoms with Crippen molar-refractivity contribution in [3.63, 3.8) is 0 Å². The molecule has 0 saturated carbocycles. The second kappa shape index (κ2) is 18.9. The molecule has 0 atom stereocenters. The van der Waals surface area contributed by atoms with Crippen molar-refractivity contribution in [2.45, 2.75) is 40.0 Å². The summed E-state index contributed by atoms with van der Waals surface area (Å²) in [6, 6.07) is 0. The van der Waals surface area contributed by atoms with Crippen LogP contribution in [0, 0.1) is 13.8 Å². The molecule has 0 fully saturated rings. The molecule has 3 heteroatoms. The van der Waals surface area contributed by atoms with Gasteiger partial charge in [0.1, 0.15) is 0 Å². The van der Waals surface area contributed by atoms with Gasteiger partial charge in [0.15, 0.2) is 0 Å². The monoisotopic (exact) mass is 292 g/mol. The molecule has 0 spiro atoms. The standard InChI is InChI=1S/C8H18N.C6H14N.Zn/c1-4-7-9(6-3)8-5-2;1-4-6-7(3)5-2;/h1,4-8H2,2-3H3;1,4-6H2,2-3H3;/q2*-1;+2. The summed E-state index contributed by atoms with van der Waals surface area (Å²) in [5.41, 5.74) is 0. The van der Waals surface area contributed by atoms with Gasteiger partial charge in [0.25, 0.3) is 0 Å². The first-order chi connectivity index (χ1) is 7.65. The minimum absolute atomic E-state index is 0. The Labute approximate surface area is 123 Å². The molecule has 0 aliphatic heterocycles. The first-order valence-corrected chi connectivity index (χ1v) is 6.65. The van der Waals surface area contributed by atoms with Gasteiger partial charge in [-0.2, -0.15) is 12.8 Å². The Kier molecular flexibility index (Phi) is 25.2. The van der Waals surface area contributed by atoms with Crippen molar-refractivity contribution in [1.82, 2.24) is 9.80 Å². The molecule has 0 aliphatic rings. The molecule has 0 amide bonds. The molecule has 2 nitrogen and oxygen atoms in total. The molecule has 0 heterocycles. The van der Waals surface area contributed by atoms with Crippen molar-refractivity contribution < 1.29 is 19.5 Å². The fourth-order valence-electron chi connectivity index (χ4n) is 1.40. The smallest absolute Gasteiger partial charge is 0.342 e. The Morgan fingerprint density at radius 1 is 0.824 bits per heavy atom. The van der Waals surface area contributed by atoms with Crippen LogP contribution < -0.4 is 0 Å². The maximum absolute atomic E-state index is 3.81. The van der Waals surface area contributed by atoms with E-state index in [2.05, 4.69) is 51.5 Å². The van der Waals surface area contributed by atoms with Crippen molar-refractivity contribution >= 4 is 0 Å². The maximum atomic E-state index is 3.81. The van der Waals surface area contributed by atoms with Crippen molar-refractivity contribution in [2.24, 2.45) is 0 Å². The SMILES string of the molecule is [CH2-]CCN(C)CC.[CH2-]CCN(CC)CCC.[Zn+2]. The molecular weight excluding hydrogens is 262 g/mol. The molecule has 0 unspecified atom stereocenters. The van der Waals surface area contributed by atoms with Gasteiger partial charge in [0.05, 0.1) is 0 Å². The summed E-state index contributed by atoms with van der Waals surface area (Å²) in [6.07, 6.45) is 3.31. The maximum Gasteiger partial charge on any atom is 2.00 e. The number of rotatable bonds is 8. The van der Waals surface area contributed by atoms with Gasteiger partial charge in [-0.15, -0.1) is 0 Å². The molecule has 0 N–H and O–H groups in total. The number of hydrogen-bond acceptors (Lipinski definition) is 2. The molecule has 0 aliphatic carbocycles. The number of nitrogens with zero attached hydrogens (tertiary/aromatic N) is 2. The van der Waals surface area contributed by atoms with Crippen LogP contribution in [-0.2, 0) is 19.5 Å². The Hall–Kier alpha value is 0.543. The minimum atomic E-state index is 0. The predicted octanol–water partition coefficient (Wildman–Crippen LogP) is 3.10. The minimum Gasteiger partial charge on any atom is -0.342 e. The van der Waals surface area contributed by atoms with E-state index < -0.39 is 0 Å². The zero-order valence-electron chi connectivity index (χ0n) is 12.7. The van der Waals surface area contributed by atoms with Crippen molar-refractivity contribution in [3.8, 4) is 0 Å². The van der Waals surface area contributed by atoms with Gasteiger partial charge in [0, 0.05) is 0 Å². The van der Waals surface area contributed by atoms with Crippen LogP contribution in [0.3, 0.4) is 0 Å². The Bertz CT molecular complexity index is 115. The van der Waals surface area contributed by atoms with E-state index in [1.54, 1.807) is 0 Å². The largest absolute Gasteiger partial charge is 2.00 e. The summed E-state index contributed by atoms with van der Waals surface area (Å²) in [6.45, 7) is 19.9. The Balaban J connectivity index is -0.000000224. The fourth-order valence-corrected chi connectivity index (χ4v) is 1.40. The first-order valence-electron chi connectivity index (χ1n) is 6.65. The van der Waals surface area contributed by atoms with Gasteiger partial charge in [-0.3, -0.25) is 0 Å². The van der Waals surface area contributed by atoms with E-state index in [-0.39, 0.29) is 19.5 Å². The van der Waals surface area contributed by atoms with E-state index in [1.165, 1.54) is 19.5 Å². The van der Waals surface area contributed by atoms with E-state index in [9.17, 15) is 0 Å². The van der Waals surface area contributed by atoms with Crippen LogP contribution >= 0.6 is 0 Å². The predicted molar refractivity (Wildman–Crippen MR) is 75.5 cm³/mol. The summed E-state index contributed by atoms with van der Waals surface area (Å²) in [7, 11) is 2.10. The fraction of sp³-hybridized carbons (Fsp3) is 0.857. The van der Waals surface area contributed by atoms with E-state index in [0.29, 0.717) is 0 Å². The van der Waals surface area contributed by atoms with Gasteiger partial charge in [-0.25, -0.2) is 0 Å². The molecule has 0 bridgehead atoms. The first kappa shape index (κ1) is 22.7. The third kappa shape index (κ3) is 19.1. The molecule has 0 aromatic rings. The van der Waals surface area contributed by atoms with E-state index >= 15 is 0 Å². The molecular formula is C14H32N2Zn. The van der Waals surface area contributed by atoms with Crippen LogP contribution in [0.5, 0.6) is 0 Å². The summed E-state index contributed by atoms with van der Waals surface area (Å²) in [5.74, 6) is 0. The third-order valence-electron chi connectivity index (χ3n) is 2.54. The molecule has 0 radical (unpaired) electrons. The molecule has 0 saturated heterocycles. The molecule has 0 aromatic heterocycles. The Morgan fingerprint density at radius 3 is 1.59 bits per heavy atom. The molecule has 0 aromatic carbocycles. The van der Waals surface area contributed by atoms with Crippen LogP contribution in [0.4, 0.5) is 0 Å². The van der Waals surface area contributed by atoms with Crippen LogP contribution in [-0.4, -0.2) is 49.6 Å². The van der Waals surface area contributed by atoms with E-state index in [1.807, 2.05) is 0 Å². The second-order valence-corrected chi connectivity index (χ2v) is 4.04. The zero-order chi connectivity index (χ0) is 12.8. The van der Waals surface area contributed by atoms with Crippen molar-refractivity contribution in [3.05, 3.63) is 13.8 Å². The van der Waals surface area contributed by atoms with Gasteiger partial charge in [0.2, 0.25) is 0 Å². The zero-order valence-corrected chi connectivity index (χ0v) is 15.6. The molecule has 0 rings (SSSR count). The summed E-state index contributed by atoms with van der Waals surface area (Å²) in [4.78, 5) is 4.67. The summed E-state index contributed by atoms with van der Waals surface area (Å²) in [5, 5.41) is 0. The van der Waals surface area contributed by atoms with Gasteiger partial charge in [-0.1, -0.05) is 20.8 Å². The number of hydrogen-bond donors (Lipinski definition) is 0. The van der Waals surface area contributed by atoms with Crippen LogP contribution in [0.25, 0.3) is 0 Å². The van der Waals surface area contributed by atoms with E-state index in [0.717, 1.165) is 32.5 Å². The summed E-state index contributed by atoms with van der Waals surface area (Å²) >= 11 is 0. The van der Waals surface area contributed by atoms with Gasteiger partial charge in [-0.05, 0) is 46.2 Å². The molecule has 100 valence electrons. The van der Waals surface area contributed by atoms with Crippen molar-refractivity contribution in [1.29, 1.82) is 0 Å². The molecule has 17 heavy (non-hydrogen) atoms. The van der Waals surface area contributed by atoms with Crippen LogP contribution in [0.1, 0.15) is 40.0 Å². The Morgan fingerprint density at radius 2 is 1.35 bits per heavy atom. The topological polar surface area (TPSA) is 6.48 Å². The average molecular weight is 294 g/mol. The quantitative estimate of drug-likeness (QED) is 0.501. The van der Waals surface area contributed by atoms with E-state index in [4.69, 9.17) is 0 Å². The van der Waals surface area contributed by atoms with Gasteiger partial charge < -0.3 is 23.6 Å². The van der Waals surface area contributed by atoms with Crippen LogP contribution in [0.2, 0.25) is 0 Å². The normalized spacial score (nSPS) is 9.88. The second-order valence-electron chi connectivity index (χ2n) is 4.04. The third-order valence-corrected chi connectivity index (χ3v) is 2.54. The van der Waals surface area contributed by atoms with Gasteiger partial charge >= 0.3 is 19.5 Å². The summed E-state index contributed by atoms with van der Waals surface area (Å²) < 4.78 is 0.